The second kappa shape index (κ2) is 2.54. The highest BCUT2D eigenvalue weighted by Crippen LogP contribution is 2.29. The van der Waals surface area contributed by atoms with E-state index in [1.807, 2.05) is 6.20 Å². The largest absolute Gasteiger partial charge is 0.366 e. The number of nitrogens with one attached hydrogen (secondary N) is 2. The van der Waals surface area contributed by atoms with Crippen molar-refractivity contribution in [2.45, 2.75) is 13.0 Å². The van der Waals surface area contributed by atoms with Gasteiger partial charge in [-0.2, -0.15) is 5.10 Å². The third-order valence-corrected chi connectivity index (χ3v) is 2.43. The maximum Gasteiger partial charge on any atom is 0.178 e. The SMILES string of the molecule is O=C1C=NC2=C(C1)c1n[nH]cc1CN2. The van der Waals surface area contributed by atoms with Crippen molar-refractivity contribution in [3.63, 3.8) is 0 Å². The molecular weight excluding hydrogens is 180 g/mol. The van der Waals surface area contributed by atoms with Crippen molar-refractivity contribution in [2.75, 3.05) is 0 Å². The molecule has 0 saturated carbocycles. The molecular formula is C9H8N4O. The Labute approximate surface area is 79.9 Å². The lowest BCUT2D eigenvalue weighted by molar-refractivity contribution is -0.111. The summed E-state index contributed by atoms with van der Waals surface area (Å²) in [5.41, 5.74) is 2.87. The van der Waals surface area contributed by atoms with Crippen LogP contribution in [0.4, 0.5) is 0 Å². The average Bonchev–Trinajstić information content (AvgIpc) is 2.65. The lowest BCUT2D eigenvalue weighted by Gasteiger charge is -2.20. The molecule has 0 saturated heterocycles. The first-order valence-electron chi connectivity index (χ1n) is 4.41. The number of aromatic amines is 1. The standard InChI is InChI=1S/C9H8N4O/c14-6-1-7-8-5(3-12-13-8)2-10-9(7)11-4-6/h3-4,10H,1-2H2,(H,12,13). The minimum atomic E-state index is 0.0291. The van der Waals surface area contributed by atoms with E-state index in [1.54, 1.807) is 0 Å². The highest BCUT2D eigenvalue weighted by atomic mass is 16.1. The number of H-pyrrole nitrogens is 1. The van der Waals surface area contributed by atoms with E-state index in [4.69, 9.17) is 0 Å². The number of allylic oxidation sites excluding steroid dienone is 1. The Kier molecular flexibility index (Phi) is 1.36. The van der Waals surface area contributed by atoms with Crippen molar-refractivity contribution in [1.29, 1.82) is 0 Å². The summed E-state index contributed by atoms with van der Waals surface area (Å²) in [4.78, 5) is 15.3. The van der Waals surface area contributed by atoms with E-state index in [-0.39, 0.29) is 5.78 Å². The molecule has 2 aliphatic rings. The number of nitrogens with zero attached hydrogens (tertiary/aromatic N) is 2. The van der Waals surface area contributed by atoms with Crippen LogP contribution in [0.1, 0.15) is 17.7 Å². The summed E-state index contributed by atoms with van der Waals surface area (Å²) in [6.07, 6.45) is 3.60. The number of hydrogen-bond acceptors (Lipinski definition) is 4. The summed E-state index contributed by atoms with van der Waals surface area (Å²) >= 11 is 0. The maximum atomic E-state index is 11.2. The third-order valence-electron chi connectivity index (χ3n) is 2.43. The molecule has 0 fully saturated rings. The van der Waals surface area contributed by atoms with Crippen LogP contribution in [0.15, 0.2) is 17.0 Å². The molecule has 14 heavy (non-hydrogen) atoms. The lowest BCUT2D eigenvalue weighted by atomic mass is 9.99. The first-order valence-corrected chi connectivity index (χ1v) is 4.41. The molecule has 0 spiro atoms. The summed E-state index contributed by atoms with van der Waals surface area (Å²) < 4.78 is 0. The van der Waals surface area contributed by atoms with E-state index in [1.165, 1.54) is 6.21 Å². The molecule has 0 atom stereocenters. The van der Waals surface area contributed by atoms with Crippen LogP contribution in [0.5, 0.6) is 0 Å². The van der Waals surface area contributed by atoms with Crippen molar-refractivity contribution < 1.29 is 4.79 Å². The van der Waals surface area contributed by atoms with E-state index in [0.717, 1.165) is 29.2 Å². The smallest absolute Gasteiger partial charge is 0.178 e. The molecule has 0 radical (unpaired) electrons. The molecule has 0 amide bonds. The van der Waals surface area contributed by atoms with Gasteiger partial charge in [-0.15, -0.1) is 0 Å². The van der Waals surface area contributed by atoms with Crippen LogP contribution in [-0.2, 0) is 11.3 Å². The summed E-state index contributed by atoms with van der Waals surface area (Å²) in [7, 11) is 0. The first-order chi connectivity index (χ1) is 6.84. The first kappa shape index (κ1) is 7.49. The van der Waals surface area contributed by atoms with Gasteiger partial charge in [-0.3, -0.25) is 9.89 Å². The van der Waals surface area contributed by atoms with Crippen LogP contribution in [0.25, 0.3) is 5.57 Å². The molecule has 70 valence electrons. The van der Waals surface area contributed by atoms with Crippen molar-refractivity contribution in [2.24, 2.45) is 4.99 Å². The van der Waals surface area contributed by atoms with Crippen LogP contribution in [0.2, 0.25) is 0 Å². The Bertz CT molecular complexity index is 469. The predicted molar refractivity (Wildman–Crippen MR) is 50.5 cm³/mol. The van der Waals surface area contributed by atoms with Crippen LogP contribution in [-0.4, -0.2) is 22.2 Å². The maximum absolute atomic E-state index is 11.2. The summed E-state index contributed by atoms with van der Waals surface area (Å²) in [6.45, 7) is 0.718. The molecule has 0 bridgehead atoms. The van der Waals surface area contributed by atoms with Gasteiger partial charge in [0.25, 0.3) is 0 Å². The molecule has 1 aromatic heterocycles. The van der Waals surface area contributed by atoms with Gasteiger partial charge in [-0.25, -0.2) is 4.99 Å². The van der Waals surface area contributed by atoms with Gasteiger partial charge in [0.2, 0.25) is 0 Å². The minimum Gasteiger partial charge on any atom is -0.366 e. The molecule has 2 N–H and O–H groups in total. The van der Waals surface area contributed by atoms with Gasteiger partial charge in [-0.05, 0) is 0 Å². The van der Waals surface area contributed by atoms with Gasteiger partial charge in [-0.1, -0.05) is 0 Å². The fourth-order valence-electron chi connectivity index (χ4n) is 1.76. The quantitative estimate of drug-likeness (QED) is 0.612. The van der Waals surface area contributed by atoms with Crippen LogP contribution >= 0.6 is 0 Å². The highest BCUT2D eigenvalue weighted by Gasteiger charge is 2.24. The number of aliphatic imine (C=N–C) groups is 1. The minimum absolute atomic E-state index is 0.0291. The fraction of sp³-hybridized carbons (Fsp3) is 0.222. The van der Waals surface area contributed by atoms with Gasteiger partial charge >= 0.3 is 0 Å². The van der Waals surface area contributed by atoms with Crippen molar-refractivity contribution in [3.8, 4) is 0 Å². The summed E-state index contributed by atoms with van der Waals surface area (Å²) in [5, 5.41) is 10.1. The summed E-state index contributed by atoms with van der Waals surface area (Å²) in [6, 6.07) is 0. The number of carbonyl (C=O) groups excluding carboxylic acids is 1. The van der Waals surface area contributed by atoms with E-state index >= 15 is 0 Å². The zero-order valence-electron chi connectivity index (χ0n) is 7.37. The molecule has 5 nitrogen and oxygen atoms in total. The number of ketones is 1. The Morgan fingerprint density at radius 1 is 1.43 bits per heavy atom. The van der Waals surface area contributed by atoms with E-state index in [9.17, 15) is 4.79 Å². The van der Waals surface area contributed by atoms with Gasteiger partial charge in [0.1, 0.15) is 5.82 Å². The number of fused-ring (bicyclic) bond motifs is 2. The number of aromatic nitrogens is 2. The van der Waals surface area contributed by atoms with Gasteiger partial charge in [0.05, 0.1) is 11.9 Å². The third kappa shape index (κ3) is 0.921. The van der Waals surface area contributed by atoms with Crippen molar-refractivity contribution in [1.82, 2.24) is 15.5 Å². The van der Waals surface area contributed by atoms with E-state index < -0.39 is 0 Å². The number of carbonyl (C=O) groups is 1. The zero-order chi connectivity index (χ0) is 9.54. The Hall–Kier alpha value is -1.91. The Morgan fingerprint density at radius 3 is 3.29 bits per heavy atom. The van der Waals surface area contributed by atoms with Crippen molar-refractivity contribution in [3.05, 3.63) is 23.3 Å². The normalized spacial score (nSPS) is 19.0. The van der Waals surface area contributed by atoms with Crippen molar-refractivity contribution >= 4 is 17.6 Å². The van der Waals surface area contributed by atoms with E-state index in [2.05, 4.69) is 20.5 Å². The van der Waals surface area contributed by atoms with Gasteiger partial charge in [0.15, 0.2) is 5.78 Å². The van der Waals surface area contributed by atoms with E-state index in [0.29, 0.717) is 6.42 Å². The molecule has 3 rings (SSSR count). The number of Topliss-reactive ketones (excluding diaryl/α,β-unsaturated/α-hetero) is 1. The molecule has 2 aliphatic heterocycles. The molecule has 0 unspecified atom stereocenters. The van der Waals surface area contributed by atoms with Crippen LogP contribution < -0.4 is 5.32 Å². The van der Waals surface area contributed by atoms with Gasteiger partial charge < -0.3 is 5.32 Å². The second-order valence-corrected chi connectivity index (χ2v) is 3.34. The average molecular weight is 188 g/mol. The second-order valence-electron chi connectivity index (χ2n) is 3.34. The summed E-state index contributed by atoms with van der Waals surface area (Å²) in [5.74, 6) is 0.811. The Balaban J connectivity index is 2.17. The molecule has 0 aromatic carbocycles. The molecule has 1 aromatic rings. The van der Waals surface area contributed by atoms with Crippen LogP contribution in [0.3, 0.4) is 0 Å². The molecule has 5 heteroatoms. The number of rotatable bonds is 0. The number of hydrogen-bond donors (Lipinski definition) is 2. The van der Waals surface area contributed by atoms with Gasteiger partial charge in [0, 0.05) is 30.3 Å². The topological polar surface area (TPSA) is 70.1 Å². The molecule has 0 aliphatic carbocycles. The monoisotopic (exact) mass is 188 g/mol. The fourth-order valence-corrected chi connectivity index (χ4v) is 1.76. The zero-order valence-corrected chi connectivity index (χ0v) is 7.37. The van der Waals surface area contributed by atoms with Crippen LogP contribution in [0, 0.1) is 0 Å². The highest BCUT2D eigenvalue weighted by molar-refractivity contribution is 6.31. The molecule has 3 heterocycles. The lowest BCUT2D eigenvalue weighted by Crippen LogP contribution is -2.23. The predicted octanol–water partition coefficient (Wildman–Crippen LogP) is 0.225. The Morgan fingerprint density at radius 2 is 2.36 bits per heavy atom.